The Morgan fingerprint density at radius 2 is 1.95 bits per heavy atom. The van der Waals surface area contributed by atoms with Crippen LogP contribution in [0.1, 0.15) is 11.1 Å². The lowest BCUT2D eigenvalue weighted by atomic mass is 10.1. The van der Waals surface area contributed by atoms with Crippen LogP contribution in [-0.2, 0) is 12.8 Å². The Bertz CT molecular complexity index is 633. The lowest BCUT2D eigenvalue weighted by Gasteiger charge is -2.12. The molecule has 2 aromatic carbocycles. The molecular formula is C16H16N2O2. The fourth-order valence-electron chi connectivity index (χ4n) is 1.94. The normalized spacial score (nSPS) is 10.0. The van der Waals surface area contributed by atoms with Crippen molar-refractivity contribution in [3.63, 3.8) is 0 Å². The summed E-state index contributed by atoms with van der Waals surface area (Å²) in [6, 6.07) is 14.9. The van der Waals surface area contributed by atoms with Crippen LogP contribution in [0.4, 0.5) is 5.69 Å². The van der Waals surface area contributed by atoms with Crippen molar-refractivity contribution < 1.29 is 9.84 Å². The number of aliphatic hydroxyl groups excluding tert-OH is 1. The van der Waals surface area contributed by atoms with E-state index in [9.17, 15) is 0 Å². The molecular weight excluding hydrogens is 252 g/mol. The van der Waals surface area contributed by atoms with Crippen LogP contribution >= 0.6 is 0 Å². The molecule has 3 N–H and O–H groups in total. The maximum atomic E-state index is 9.05. The number of ether oxygens (including phenoxy) is 1. The minimum atomic E-state index is 0.0712. The molecule has 4 heteroatoms. The average molecular weight is 268 g/mol. The zero-order valence-electron chi connectivity index (χ0n) is 11.0. The first-order chi connectivity index (χ1) is 9.74. The van der Waals surface area contributed by atoms with Gasteiger partial charge in [0.2, 0.25) is 0 Å². The third kappa shape index (κ3) is 3.28. The fourth-order valence-corrected chi connectivity index (χ4v) is 1.94. The van der Waals surface area contributed by atoms with E-state index in [1.807, 2.05) is 24.3 Å². The van der Waals surface area contributed by atoms with E-state index in [0.29, 0.717) is 23.6 Å². The van der Waals surface area contributed by atoms with Gasteiger partial charge in [-0.15, -0.1) is 0 Å². The van der Waals surface area contributed by atoms with Gasteiger partial charge in [0, 0.05) is 12.3 Å². The molecule has 0 aliphatic rings. The number of hydrogen-bond donors (Lipinski definition) is 2. The van der Waals surface area contributed by atoms with Crippen LogP contribution in [0, 0.1) is 11.3 Å². The Kier molecular flexibility index (Phi) is 4.59. The Morgan fingerprint density at radius 1 is 1.15 bits per heavy atom. The molecule has 0 aromatic heterocycles. The van der Waals surface area contributed by atoms with E-state index < -0.39 is 0 Å². The number of nitrogens with zero attached hydrogens (tertiary/aromatic N) is 1. The van der Waals surface area contributed by atoms with Crippen molar-refractivity contribution >= 4 is 5.69 Å². The van der Waals surface area contributed by atoms with Crippen LogP contribution < -0.4 is 10.5 Å². The molecule has 0 amide bonds. The van der Waals surface area contributed by atoms with Crippen molar-refractivity contribution in [3.05, 3.63) is 53.6 Å². The van der Waals surface area contributed by atoms with Crippen LogP contribution in [0.2, 0.25) is 0 Å². The number of benzene rings is 2. The molecule has 0 radical (unpaired) electrons. The van der Waals surface area contributed by atoms with Gasteiger partial charge in [-0.1, -0.05) is 18.2 Å². The van der Waals surface area contributed by atoms with Gasteiger partial charge >= 0.3 is 0 Å². The summed E-state index contributed by atoms with van der Waals surface area (Å²) in [5.74, 6) is 1.34. The summed E-state index contributed by atoms with van der Waals surface area (Å²) >= 11 is 0. The Morgan fingerprint density at radius 3 is 2.70 bits per heavy atom. The smallest absolute Gasteiger partial charge is 0.130 e. The van der Waals surface area contributed by atoms with Gasteiger partial charge in [0.1, 0.15) is 11.5 Å². The SMILES string of the molecule is N#CCc1cc(Oc2ccccc2CCO)ccc1N. The quantitative estimate of drug-likeness (QED) is 0.817. The molecule has 2 aromatic rings. The number of nitrogens with two attached hydrogens (primary N) is 1. The summed E-state index contributed by atoms with van der Waals surface area (Å²) in [5, 5.41) is 17.8. The van der Waals surface area contributed by atoms with Gasteiger partial charge in [0.25, 0.3) is 0 Å². The monoisotopic (exact) mass is 268 g/mol. The van der Waals surface area contributed by atoms with Gasteiger partial charge in [-0.3, -0.25) is 0 Å². The predicted octanol–water partition coefficient (Wildman–Crippen LogP) is 2.66. The minimum absolute atomic E-state index is 0.0712. The molecule has 102 valence electrons. The molecule has 0 fully saturated rings. The summed E-state index contributed by atoms with van der Waals surface area (Å²) in [5.41, 5.74) is 8.09. The lowest BCUT2D eigenvalue weighted by Crippen LogP contribution is -1.97. The molecule has 0 aliphatic heterocycles. The van der Waals surface area contributed by atoms with Crippen LogP contribution in [0.3, 0.4) is 0 Å². The summed E-state index contributed by atoms with van der Waals surface area (Å²) in [6.07, 6.45) is 0.789. The lowest BCUT2D eigenvalue weighted by molar-refractivity contribution is 0.298. The Labute approximate surface area is 118 Å². The summed E-state index contributed by atoms with van der Waals surface area (Å²) in [4.78, 5) is 0. The number of hydrogen-bond acceptors (Lipinski definition) is 4. The number of anilines is 1. The van der Waals surface area contributed by atoms with Crippen molar-refractivity contribution in [1.82, 2.24) is 0 Å². The van der Waals surface area contributed by atoms with Crippen LogP contribution in [-0.4, -0.2) is 11.7 Å². The van der Waals surface area contributed by atoms with Crippen LogP contribution in [0.15, 0.2) is 42.5 Å². The molecule has 0 heterocycles. The van der Waals surface area contributed by atoms with Gasteiger partial charge in [0.05, 0.1) is 12.5 Å². The van der Waals surface area contributed by atoms with E-state index in [-0.39, 0.29) is 13.0 Å². The molecule has 2 rings (SSSR count). The van der Waals surface area contributed by atoms with E-state index >= 15 is 0 Å². The van der Waals surface area contributed by atoms with Crippen molar-refractivity contribution in [2.24, 2.45) is 0 Å². The van der Waals surface area contributed by atoms with E-state index in [2.05, 4.69) is 6.07 Å². The summed E-state index contributed by atoms with van der Waals surface area (Å²) < 4.78 is 5.83. The highest BCUT2D eigenvalue weighted by atomic mass is 16.5. The third-order valence-electron chi connectivity index (χ3n) is 2.97. The van der Waals surface area contributed by atoms with Gasteiger partial charge in [-0.25, -0.2) is 0 Å². The number of aliphatic hydroxyl groups is 1. The van der Waals surface area contributed by atoms with Crippen LogP contribution in [0.5, 0.6) is 11.5 Å². The molecule has 0 bridgehead atoms. The molecule has 0 unspecified atom stereocenters. The average Bonchev–Trinajstić information content (AvgIpc) is 2.45. The van der Waals surface area contributed by atoms with E-state index in [0.717, 1.165) is 11.1 Å². The van der Waals surface area contributed by atoms with Crippen molar-refractivity contribution in [2.45, 2.75) is 12.8 Å². The van der Waals surface area contributed by atoms with Crippen LogP contribution in [0.25, 0.3) is 0 Å². The number of nitrogen functional groups attached to an aromatic ring is 1. The molecule has 0 aliphatic carbocycles. The minimum Gasteiger partial charge on any atom is -0.457 e. The second kappa shape index (κ2) is 6.60. The standard InChI is InChI=1S/C16H16N2O2/c17-9-7-13-11-14(5-6-15(13)18)20-16-4-2-1-3-12(16)8-10-19/h1-6,11,19H,7-8,10,18H2. The molecule has 0 saturated carbocycles. The fraction of sp³-hybridized carbons (Fsp3) is 0.188. The highest BCUT2D eigenvalue weighted by molar-refractivity contribution is 5.52. The van der Waals surface area contributed by atoms with Crippen molar-refractivity contribution in [1.29, 1.82) is 5.26 Å². The zero-order valence-corrected chi connectivity index (χ0v) is 11.0. The summed E-state index contributed by atoms with van der Waals surface area (Å²) in [6.45, 7) is 0.0712. The molecule has 0 spiro atoms. The Hall–Kier alpha value is -2.51. The van der Waals surface area contributed by atoms with Crippen molar-refractivity contribution in [2.75, 3.05) is 12.3 Å². The zero-order chi connectivity index (χ0) is 14.4. The number of rotatable bonds is 5. The highest BCUT2D eigenvalue weighted by Gasteiger charge is 2.06. The summed E-state index contributed by atoms with van der Waals surface area (Å²) in [7, 11) is 0. The Balaban J connectivity index is 2.26. The maximum Gasteiger partial charge on any atom is 0.130 e. The predicted molar refractivity (Wildman–Crippen MR) is 77.5 cm³/mol. The number of nitriles is 1. The van der Waals surface area contributed by atoms with Crippen molar-refractivity contribution in [3.8, 4) is 17.6 Å². The topological polar surface area (TPSA) is 79.3 Å². The van der Waals surface area contributed by atoms with Gasteiger partial charge < -0.3 is 15.6 Å². The third-order valence-corrected chi connectivity index (χ3v) is 2.97. The highest BCUT2D eigenvalue weighted by Crippen LogP contribution is 2.28. The van der Waals surface area contributed by atoms with E-state index in [1.54, 1.807) is 18.2 Å². The second-order valence-corrected chi connectivity index (χ2v) is 4.38. The first-order valence-corrected chi connectivity index (χ1v) is 6.36. The largest absolute Gasteiger partial charge is 0.457 e. The van der Waals surface area contributed by atoms with Gasteiger partial charge in [0.15, 0.2) is 0 Å². The molecule has 0 saturated heterocycles. The first-order valence-electron chi connectivity index (χ1n) is 6.36. The number of para-hydroxylation sites is 1. The molecule has 4 nitrogen and oxygen atoms in total. The van der Waals surface area contributed by atoms with E-state index in [4.69, 9.17) is 20.8 Å². The second-order valence-electron chi connectivity index (χ2n) is 4.38. The maximum absolute atomic E-state index is 9.05. The van der Waals surface area contributed by atoms with E-state index in [1.165, 1.54) is 0 Å². The molecule has 20 heavy (non-hydrogen) atoms. The molecule has 0 atom stereocenters. The first kappa shape index (κ1) is 13.9. The van der Waals surface area contributed by atoms with Gasteiger partial charge in [-0.2, -0.15) is 5.26 Å². The van der Waals surface area contributed by atoms with Gasteiger partial charge in [-0.05, 0) is 41.8 Å².